The molecule has 0 fully saturated rings. The zero-order valence-electron chi connectivity index (χ0n) is 10.6. The maximum absolute atomic E-state index is 11.6. The van der Waals surface area contributed by atoms with E-state index in [0.29, 0.717) is 15.3 Å². The number of hydrogen-bond acceptors (Lipinski definition) is 6. The first-order chi connectivity index (χ1) is 10.1. The molecule has 0 saturated heterocycles. The minimum atomic E-state index is -0.711. The molecular weight excluding hydrogens is 294 g/mol. The number of nitrogens with one attached hydrogen (secondary N) is 1. The molecule has 0 spiro atoms. The number of ether oxygens (including phenoxy) is 1. The van der Waals surface area contributed by atoms with Crippen molar-refractivity contribution in [2.45, 2.75) is 0 Å². The average Bonchev–Trinajstić information content (AvgIpc) is 2.92. The molecule has 7 nitrogen and oxygen atoms in total. The zero-order chi connectivity index (χ0) is 15.2. The van der Waals surface area contributed by atoms with Crippen molar-refractivity contribution in [3.8, 4) is 6.07 Å². The summed E-state index contributed by atoms with van der Waals surface area (Å²) >= 11 is 1.20. The van der Waals surface area contributed by atoms with E-state index in [2.05, 4.69) is 5.32 Å². The first-order valence-corrected chi connectivity index (χ1v) is 6.61. The lowest BCUT2D eigenvalue weighted by molar-refractivity contribution is -0.605. The number of rotatable bonds is 4. The van der Waals surface area contributed by atoms with E-state index in [1.165, 1.54) is 23.5 Å². The van der Waals surface area contributed by atoms with Crippen LogP contribution in [0.4, 0.5) is 5.00 Å². The molecule has 0 aliphatic heterocycles. The Balaban J connectivity index is 1.88. The number of hydrogen-bond donors (Lipinski definition) is 1. The molecular formula is C13H9N3O4S. The number of aromatic nitrogens is 1. The third-order valence-corrected chi connectivity index (χ3v) is 3.24. The molecule has 8 heteroatoms. The van der Waals surface area contributed by atoms with Gasteiger partial charge in [0.05, 0.1) is 11.1 Å². The van der Waals surface area contributed by atoms with Crippen LogP contribution in [0.2, 0.25) is 0 Å². The van der Waals surface area contributed by atoms with Crippen molar-refractivity contribution in [1.29, 1.82) is 5.26 Å². The number of pyridine rings is 1. The van der Waals surface area contributed by atoms with Gasteiger partial charge in [-0.25, -0.2) is 4.79 Å². The second kappa shape index (κ2) is 6.49. The fourth-order valence-corrected chi connectivity index (χ4v) is 2.17. The lowest BCUT2D eigenvalue weighted by Gasteiger charge is -2.05. The molecule has 2 aromatic heterocycles. The summed E-state index contributed by atoms with van der Waals surface area (Å²) < 4.78 is 5.34. The topological polar surface area (TPSA) is 106 Å². The molecule has 2 heterocycles. The second-order valence-electron chi connectivity index (χ2n) is 3.85. The molecule has 0 unspecified atom stereocenters. The molecule has 1 amide bonds. The van der Waals surface area contributed by atoms with Crippen LogP contribution in [-0.4, -0.2) is 18.5 Å². The van der Waals surface area contributed by atoms with Gasteiger partial charge in [-0.15, -0.1) is 11.3 Å². The maximum Gasteiger partial charge on any atom is 0.339 e. The van der Waals surface area contributed by atoms with Crippen molar-refractivity contribution in [2.75, 3.05) is 11.9 Å². The summed E-state index contributed by atoms with van der Waals surface area (Å²) in [5.41, 5.74) is 0.520. The summed E-state index contributed by atoms with van der Waals surface area (Å²) in [5, 5.41) is 24.2. The third-order valence-electron chi connectivity index (χ3n) is 2.41. The molecule has 106 valence electrons. The molecule has 21 heavy (non-hydrogen) atoms. The maximum atomic E-state index is 11.6. The number of nitrogens with zero attached hydrogens (tertiary/aromatic N) is 2. The Kier molecular flexibility index (Phi) is 4.48. The predicted molar refractivity (Wildman–Crippen MR) is 73.3 cm³/mol. The van der Waals surface area contributed by atoms with Crippen LogP contribution in [0.3, 0.4) is 0 Å². The summed E-state index contributed by atoms with van der Waals surface area (Å²) in [6.45, 7) is -0.478. The lowest BCUT2D eigenvalue weighted by atomic mass is 10.3. The van der Waals surface area contributed by atoms with Gasteiger partial charge in [0.25, 0.3) is 5.91 Å². The fraction of sp³-hybridized carbons (Fsp3) is 0.0769. The number of esters is 1. The van der Waals surface area contributed by atoms with E-state index in [1.807, 2.05) is 6.07 Å². The number of anilines is 1. The van der Waals surface area contributed by atoms with Crippen LogP contribution < -0.4 is 10.0 Å². The Morgan fingerprint density at radius 1 is 1.38 bits per heavy atom. The molecule has 2 aromatic rings. The smallest absolute Gasteiger partial charge is 0.339 e. The highest BCUT2D eigenvalue weighted by Gasteiger charge is 2.13. The van der Waals surface area contributed by atoms with E-state index < -0.39 is 18.5 Å². The third kappa shape index (κ3) is 3.77. The van der Waals surface area contributed by atoms with Crippen LogP contribution in [0, 0.1) is 16.5 Å². The SMILES string of the molecule is N#Cc1ccsc1NC(=O)COC(=O)c1cc[n+]([O-])cc1. The monoisotopic (exact) mass is 303 g/mol. The number of carbonyl (C=O) groups excluding carboxylic acids is 2. The van der Waals surface area contributed by atoms with E-state index in [1.54, 1.807) is 11.4 Å². The van der Waals surface area contributed by atoms with Crippen LogP contribution in [0.5, 0.6) is 0 Å². The molecule has 0 bridgehead atoms. The van der Waals surface area contributed by atoms with Crippen molar-refractivity contribution >= 4 is 28.2 Å². The van der Waals surface area contributed by atoms with Gasteiger partial charge < -0.3 is 15.3 Å². The molecule has 0 aromatic carbocycles. The van der Waals surface area contributed by atoms with Gasteiger partial charge in [0.15, 0.2) is 19.0 Å². The largest absolute Gasteiger partial charge is 0.619 e. The molecule has 0 saturated carbocycles. The first-order valence-electron chi connectivity index (χ1n) is 5.73. The summed E-state index contributed by atoms with van der Waals surface area (Å²) in [7, 11) is 0. The van der Waals surface area contributed by atoms with Crippen LogP contribution in [0.1, 0.15) is 15.9 Å². The van der Waals surface area contributed by atoms with Crippen molar-refractivity contribution in [1.82, 2.24) is 0 Å². The van der Waals surface area contributed by atoms with Gasteiger partial charge in [-0.05, 0) is 11.4 Å². The standard InChI is InChI=1S/C13H9N3O4S/c14-7-10-3-6-21-12(10)15-11(17)8-20-13(18)9-1-4-16(19)5-2-9/h1-6H,8H2,(H,15,17). The van der Waals surface area contributed by atoms with E-state index in [4.69, 9.17) is 10.00 Å². The van der Waals surface area contributed by atoms with Crippen molar-refractivity contribution in [3.05, 3.63) is 52.3 Å². The highest BCUT2D eigenvalue weighted by Crippen LogP contribution is 2.21. The highest BCUT2D eigenvalue weighted by atomic mass is 32.1. The Labute approximate surface area is 123 Å². The Bertz CT molecular complexity index is 703. The second-order valence-corrected chi connectivity index (χ2v) is 4.76. The Morgan fingerprint density at radius 3 is 2.76 bits per heavy atom. The van der Waals surface area contributed by atoms with Crippen LogP contribution in [-0.2, 0) is 9.53 Å². The van der Waals surface area contributed by atoms with E-state index >= 15 is 0 Å². The molecule has 0 aliphatic carbocycles. The summed E-state index contributed by atoms with van der Waals surface area (Å²) in [6, 6.07) is 6.09. The van der Waals surface area contributed by atoms with E-state index in [-0.39, 0.29) is 5.56 Å². The van der Waals surface area contributed by atoms with Gasteiger partial charge in [0.2, 0.25) is 0 Å². The van der Waals surface area contributed by atoms with Gasteiger partial charge >= 0.3 is 5.97 Å². The van der Waals surface area contributed by atoms with E-state index in [0.717, 1.165) is 12.4 Å². The van der Waals surface area contributed by atoms with Crippen LogP contribution in [0.25, 0.3) is 0 Å². The highest BCUT2D eigenvalue weighted by molar-refractivity contribution is 7.14. The van der Waals surface area contributed by atoms with Crippen LogP contribution >= 0.6 is 11.3 Å². The molecule has 0 atom stereocenters. The minimum absolute atomic E-state index is 0.170. The fourth-order valence-electron chi connectivity index (χ4n) is 1.42. The average molecular weight is 303 g/mol. The summed E-state index contributed by atoms with van der Waals surface area (Å²) in [5.74, 6) is -1.26. The van der Waals surface area contributed by atoms with Crippen molar-refractivity contribution in [2.24, 2.45) is 0 Å². The van der Waals surface area contributed by atoms with Gasteiger partial charge in [-0.2, -0.15) is 9.99 Å². The zero-order valence-corrected chi connectivity index (χ0v) is 11.4. The normalized spacial score (nSPS) is 9.67. The number of carbonyl (C=O) groups is 2. The first kappa shape index (κ1) is 14.5. The van der Waals surface area contributed by atoms with Gasteiger partial charge in [0, 0.05) is 12.1 Å². The molecule has 0 aliphatic rings. The number of amides is 1. The minimum Gasteiger partial charge on any atom is -0.619 e. The van der Waals surface area contributed by atoms with Gasteiger partial charge in [-0.3, -0.25) is 4.79 Å². The summed E-state index contributed by atoms with van der Waals surface area (Å²) in [6.07, 6.45) is 2.31. The van der Waals surface area contributed by atoms with Gasteiger partial charge in [-0.1, -0.05) is 0 Å². The molecule has 2 rings (SSSR count). The number of thiophene rings is 1. The van der Waals surface area contributed by atoms with Crippen molar-refractivity contribution in [3.63, 3.8) is 0 Å². The number of nitriles is 1. The molecule has 1 N–H and O–H groups in total. The predicted octanol–water partition coefficient (Wildman–Crippen LogP) is 1.05. The van der Waals surface area contributed by atoms with Gasteiger partial charge in [0.1, 0.15) is 11.1 Å². The quantitative estimate of drug-likeness (QED) is 0.516. The van der Waals surface area contributed by atoms with Crippen LogP contribution in [0.15, 0.2) is 36.0 Å². The van der Waals surface area contributed by atoms with E-state index in [9.17, 15) is 14.8 Å². The van der Waals surface area contributed by atoms with Crippen molar-refractivity contribution < 1.29 is 19.1 Å². The summed E-state index contributed by atoms with van der Waals surface area (Å²) in [4.78, 5) is 23.2. The molecule has 0 radical (unpaired) electrons. The lowest BCUT2D eigenvalue weighted by Crippen LogP contribution is -2.25. The Hall–Kier alpha value is -2.92. The Morgan fingerprint density at radius 2 is 2.10 bits per heavy atom.